The molecule has 0 spiro atoms. The standard InChI is InChI=1S/C21H22N6O2S/c1-14(2)12-27-20(16-8-10-22-11-9-16)24-25-21(27)30-13-18-23-19(26-29-18)15-4-6-17(28-3)7-5-15/h4-11,14H,12-13H2,1-3H3. The summed E-state index contributed by atoms with van der Waals surface area (Å²) in [4.78, 5) is 8.59. The molecule has 0 saturated carbocycles. The Kier molecular flexibility index (Phi) is 6.08. The van der Waals surface area contributed by atoms with E-state index in [1.807, 2.05) is 36.4 Å². The number of ether oxygens (including phenoxy) is 1. The Bertz CT molecular complexity index is 1090. The second-order valence-corrected chi connectivity index (χ2v) is 8.02. The van der Waals surface area contributed by atoms with Gasteiger partial charge in [0, 0.05) is 30.1 Å². The zero-order valence-electron chi connectivity index (χ0n) is 17.0. The van der Waals surface area contributed by atoms with Crippen LogP contribution in [0.15, 0.2) is 58.5 Å². The number of rotatable bonds is 8. The number of pyridine rings is 1. The first-order valence-corrected chi connectivity index (χ1v) is 10.6. The fourth-order valence-corrected chi connectivity index (χ4v) is 3.72. The molecular formula is C21H22N6O2S. The Morgan fingerprint density at radius 3 is 2.50 bits per heavy atom. The van der Waals surface area contributed by atoms with E-state index in [0.29, 0.717) is 23.4 Å². The summed E-state index contributed by atoms with van der Waals surface area (Å²) in [6.07, 6.45) is 3.52. The molecule has 0 bridgehead atoms. The lowest BCUT2D eigenvalue weighted by atomic mass is 10.2. The molecule has 0 unspecified atom stereocenters. The molecule has 30 heavy (non-hydrogen) atoms. The van der Waals surface area contributed by atoms with E-state index in [9.17, 15) is 0 Å². The second kappa shape index (κ2) is 9.08. The summed E-state index contributed by atoms with van der Waals surface area (Å²) >= 11 is 1.53. The fourth-order valence-electron chi connectivity index (χ4n) is 2.94. The fraction of sp³-hybridized carbons (Fsp3) is 0.286. The van der Waals surface area contributed by atoms with E-state index in [-0.39, 0.29) is 0 Å². The predicted octanol–water partition coefficient (Wildman–Crippen LogP) is 4.35. The van der Waals surface area contributed by atoms with Gasteiger partial charge in [-0.3, -0.25) is 4.98 Å². The Labute approximate surface area is 178 Å². The van der Waals surface area contributed by atoms with Gasteiger partial charge in [0.05, 0.1) is 12.9 Å². The highest BCUT2D eigenvalue weighted by molar-refractivity contribution is 7.98. The molecule has 8 nitrogen and oxygen atoms in total. The monoisotopic (exact) mass is 422 g/mol. The van der Waals surface area contributed by atoms with Gasteiger partial charge in [-0.2, -0.15) is 4.98 Å². The largest absolute Gasteiger partial charge is 0.497 e. The van der Waals surface area contributed by atoms with E-state index >= 15 is 0 Å². The number of thioether (sulfide) groups is 1. The van der Waals surface area contributed by atoms with Gasteiger partial charge in [0.2, 0.25) is 11.7 Å². The molecule has 1 aromatic carbocycles. The smallest absolute Gasteiger partial charge is 0.237 e. The van der Waals surface area contributed by atoms with E-state index in [1.54, 1.807) is 19.5 Å². The van der Waals surface area contributed by atoms with Gasteiger partial charge in [0.15, 0.2) is 11.0 Å². The summed E-state index contributed by atoms with van der Waals surface area (Å²) in [6.45, 7) is 5.15. The van der Waals surface area contributed by atoms with Crippen LogP contribution >= 0.6 is 11.8 Å². The lowest BCUT2D eigenvalue weighted by Crippen LogP contribution is -2.08. The van der Waals surface area contributed by atoms with Crippen molar-refractivity contribution in [3.63, 3.8) is 0 Å². The van der Waals surface area contributed by atoms with E-state index < -0.39 is 0 Å². The molecule has 0 N–H and O–H groups in total. The lowest BCUT2D eigenvalue weighted by Gasteiger charge is -2.12. The van der Waals surface area contributed by atoms with Gasteiger partial charge in [0.1, 0.15) is 5.75 Å². The summed E-state index contributed by atoms with van der Waals surface area (Å²) < 4.78 is 12.7. The zero-order valence-corrected chi connectivity index (χ0v) is 17.8. The third-order valence-corrected chi connectivity index (χ3v) is 5.30. The van der Waals surface area contributed by atoms with Gasteiger partial charge >= 0.3 is 0 Å². The van der Waals surface area contributed by atoms with Crippen molar-refractivity contribution in [1.82, 2.24) is 29.9 Å². The molecule has 9 heteroatoms. The molecule has 3 heterocycles. The Balaban J connectivity index is 1.51. The number of aromatic nitrogens is 6. The van der Waals surface area contributed by atoms with Crippen molar-refractivity contribution in [1.29, 1.82) is 0 Å². The first-order chi connectivity index (χ1) is 14.6. The lowest BCUT2D eigenvalue weighted by molar-refractivity contribution is 0.391. The van der Waals surface area contributed by atoms with E-state index in [0.717, 1.165) is 34.4 Å². The highest BCUT2D eigenvalue weighted by Gasteiger charge is 2.17. The van der Waals surface area contributed by atoms with Crippen LogP contribution in [0, 0.1) is 5.92 Å². The van der Waals surface area contributed by atoms with Crippen molar-refractivity contribution < 1.29 is 9.26 Å². The summed E-state index contributed by atoms with van der Waals surface area (Å²) in [7, 11) is 1.64. The molecule has 0 radical (unpaired) electrons. The first kappa shape index (κ1) is 20.1. The van der Waals surface area contributed by atoms with Crippen molar-refractivity contribution >= 4 is 11.8 Å². The highest BCUT2D eigenvalue weighted by Crippen LogP contribution is 2.27. The van der Waals surface area contributed by atoms with Gasteiger partial charge in [0.25, 0.3) is 0 Å². The van der Waals surface area contributed by atoms with Crippen LogP contribution in [0.5, 0.6) is 5.75 Å². The first-order valence-electron chi connectivity index (χ1n) is 9.57. The van der Waals surface area contributed by atoms with E-state index in [1.165, 1.54) is 11.8 Å². The normalized spacial score (nSPS) is 11.2. The molecule has 0 aliphatic carbocycles. The molecule has 0 aliphatic heterocycles. The summed E-state index contributed by atoms with van der Waals surface area (Å²) in [5.41, 5.74) is 1.86. The third-order valence-electron chi connectivity index (χ3n) is 4.34. The zero-order chi connectivity index (χ0) is 20.9. The van der Waals surface area contributed by atoms with Gasteiger partial charge < -0.3 is 13.8 Å². The molecule has 0 fully saturated rings. The summed E-state index contributed by atoms with van der Waals surface area (Å²) in [5, 5.41) is 13.7. The molecule has 0 amide bonds. The highest BCUT2D eigenvalue weighted by atomic mass is 32.2. The van der Waals surface area contributed by atoms with Crippen LogP contribution in [-0.4, -0.2) is 37.0 Å². The minimum atomic E-state index is 0.450. The number of hydrogen-bond acceptors (Lipinski definition) is 8. The van der Waals surface area contributed by atoms with Gasteiger partial charge in [-0.1, -0.05) is 30.8 Å². The van der Waals surface area contributed by atoms with E-state index in [4.69, 9.17) is 9.26 Å². The van der Waals surface area contributed by atoms with Crippen molar-refractivity contribution in [3.8, 4) is 28.5 Å². The van der Waals surface area contributed by atoms with Crippen LogP contribution < -0.4 is 4.74 Å². The number of nitrogens with zero attached hydrogens (tertiary/aromatic N) is 6. The molecule has 154 valence electrons. The molecule has 0 atom stereocenters. The number of benzene rings is 1. The van der Waals surface area contributed by atoms with Gasteiger partial charge in [-0.05, 0) is 42.3 Å². The van der Waals surface area contributed by atoms with Crippen LogP contribution in [0.25, 0.3) is 22.8 Å². The molecule has 0 saturated heterocycles. The maximum atomic E-state index is 5.43. The molecular weight excluding hydrogens is 400 g/mol. The Morgan fingerprint density at radius 1 is 1.03 bits per heavy atom. The summed E-state index contributed by atoms with van der Waals surface area (Å²) in [6, 6.07) is 11.4. The van der Waals surface area contributed by atoms with Crippen molar-refractivity contribution in [2.45, 2.75) is 31.3 Å². The van der Waals surface area contributed by atoms with Crippen molar-refractivity contribution in [2.24, 2.45) is 5.92 Å². The minimum Gasteiger partial charge on any atom is -0.497 e. The maximum absolute atomic E-state index is 5.43. The van der Waals surface area contributed by atoms with Gasteiger partial charge in [-0.25, -0.2) is 0 Å². The number of hydrogen-bond donors (Lipinski definition) is 0. The predicted molar refractivity (Wildman–Crippen MR) is 114 cm³/mol. The molecule has 3 aromatic heterocycles. The SMILES string of the molecule is COc1ccc(-c2noc(CSc3nnc(-c4ccncc4)n3CC(C)C)n2)cc1. The molecule has 4 rings (SSSR count). The van der Waals surface area contributed by atoms with Crippen LogP contribution in [0.3, 0.4) is 0 Å². The van der Waals surface area contributed by atoms with Crippen LogP contribution in [0.4, 0.5) is 0 Å². The van der Waals surface area contributed by atoms with Gasteiger partial charge in [-0.15, -0.1) is 10.2 Å². The average molecular weight is 423 g/mol. The molecule has 4 aromatic rings. The van der Waals surface area contributed by atoms with Crippen LogP contribution in [0.1, 0.15) is 19.7 Å². The van der Waals surface area contributed by atoms with Crippen molar-refractivity contribution in [2.75, 3.05) is 7.11 Å². The quantitative estimate of drug-likeness (QED) is 0.387. The molecule has 0 aliphatic rings. The second-order valence-electron chi connectivity index (χ2n) is 7.08. The van der Waals surface area contributed by atoms with Crippen molar-refractivity contribution in [3.05, 3.63) is 54.7 Å². The minimum absolute atomic E-state index is 0.450. The topological polar surface area (TPSA) is 91.8 Å². The average Bonchev–Trinajstić information content (AvgIpc) is 3.40. The summed E-state index contributed by atoms with van der Waals surface area (Å²) in [5.74, 6) is 3.66. The Morgan fingerprint density at radius 2 is 1.80 bits per heavy atom. The maximum Gasteiger partial charge on any atom is 0.237 e. The van der Waals surface area contributed by atoms with E-state index in [2.05, 4.69) is 43.7 Å². The Hall–Kier alpha value is -3.20. The van der Waals surface area contributed by atoms with Crippen LogP contribution in [-0.2, 0) is 12.3 Å². The third kappa shape index (κ3) is 4.51. The van der Waals surface area contributed by atoms with Crippen LogP contribution in [0.2, 0.25) is 0 Å². The number of methoxy groups -OCH3 is 1.